The number of pyridine rings is 1. The number of guanidine groups is 1. The van der Waals surface area contributed by atoms with Gasteiger partial charge in [0, 0.05) is 59.5 Å². The van der Waals surface area contributed by atoms with Gasteiger partial charge in [-0.2, -0.15) is 0 Å². The van der Waals surface area contributed by atoms with Crippen LogP contribution in [0.2, 0.25) is 0 Å². The number of thiophene rings is 1. The molecule has 168 valence electrons. The number of aliphatic imine (C=N–C) groups is 1. The number of aromatic nitrogens is 1. The molecule has 0 saturated carbocycles. The first-order valence-electron chi connectivity index (χ1n) is 11.0. The van der Waals surface area contributed by atoms with Crippen LogP contribution in [0.25, 0.3) is 0 Å². The van der Waals surface area contributed by atoms with Gasteiger partial charge in [-0.3, -0.25) is 4.79 Å². The van der Waals surface area contributed by atoms with Crippen molar-refractivity contribution in [3.05, 3.63) is 45.8 Å². The van der Waals surface area contributed by atoms with Crippen molar-refractivity contribution in [1.82, 2.24) is 15.6 Å². The molecule has 4 N–H and O–H groups in total. The van der Waals surface area contributed by atoms with Crippen molar-refractivity contribution in [3.63, 3.8) is 0 Å². The quantitative estimate of drug-likeness (QED) is 0.432. The van der Waals surface area contributed by atoms with Crippen LogP contribution in [0, 0.1) is 12.8 Å². The van der Waals surface area contributed by atoms with Crippen molar-refractivity contribution in [2.24, 2.45) is 16.6 Å². The van der Waals surface area contributed by atoms with E-state index in [9.17, 15) is 4.79 Å². The number of carbonyl (C=O) groups is 1. The molecule has 0 aliphatic carbocycles. The predicted molar refractivity (Wildman–Crippen MR) is 129 cm³/mol. The standard InChI is InChI=1S/C23H34N6OS/c1-4-25-23(28-16(2)14-20-8-7-17(3)31-20)27-15-19-6-5-11-26-22(19)29-12-9-18(10-13-29)21(24)30/h5-8,11,16,18H,4,9-10,12-15H2,1-3H3,(H2,24,30)(H2,25,27,28). The van der Waals surface area contributed by atoms with Crippen molar-refractivity contribution < 1.29 is 4.79 Å². The fourth-order valence-electron chi connectivity index (χ4n) is 3.88. The maximum absolute atomic E-state index is 11.5. The fourth-order valence-corrected chi connectivity index (χ4v) is 4.90. The maximum Gasteiger partial charge on any atom is 0.220 e. The Morgan fingerprint density at radius 1 is 1.35 bits per heavy atom. The Morgan fingerprint density at radius 3 is 2.77 bits per heavy atom. The summed E-state index contributed by atoms with van der Waals surface area (Å²) in [6.07, 6.45) is 4.34. The van der Waals surface area contributed by atoms with E-state index in [-0.39, 0.29) is 17.9 Å². The zero-order chi connectivity index (χ0) is 22.2. The molecule has 2 aromatic heterocycles. The second kappa shape index (κ2) is 11.1. The zero-order valence-electron chi connectivity index (χ0n) is 18.7. The highest BCUT2D eigenvalue weighted by atomic mass is 32.1. The van der Waals surface area contributed by atoms with E-state index >= 15 is 0 Å². The van der Waals surface area contributed by atoms with Gasteiger partial charge in [-0.15, -0.1) is 11.3 Å². The van der Waals surface area contributed by atoms with Gasteiger partial charge >= 0.3 is 0 Å². The minimum atomic E-state index is -0.196. The summed E-state index contributed by atoms with van der Waals surface area (Å²) in [4.78, 5) is 25.9. The summed E-state index contributed by atoms with van der Waals surface area (Å²) in [5.41, 5.74) is 6.56. The largest absolute Gasteiger partial charge is 0.369 e. The highest BCUT2D eigenvalue weighted by molar-refractivity contribution is 7.11. The number of hydrogen-bond acceptors (Lipinski definition) is 5. The molecule has 1 atom stereocenters. The topological polar surface area (TPSA) is 95.6 Å². The number of nitrogens with one attached hydrogen (secondary N) is 2. The van der Waals surface area contributed by atoms with Crippen LogP contribution in [0.3, 0.4) is 0 Å². The number of rotatable bonds is 8. The average Bonchev–Trinajstić information content (AvgIpc) is 3.16. The molecule has 2 aromatic rings. The molecule has 1 aliphatic rings. The molecule has 3 heterocycles. The van der Waals surface area contributed by atoms with Gasteiger partial charge in [-0.05, 0) is 51.8 Å². The Balaban J connectivity index is 1.65. The van der Waals surface area contributed by atoms with Gasteiger partial charge in [0.25, 0.3) is 0 Å². The summed E-state index contributed by atoms with van der Waals surface area (Å²) in [6, 6.07) is 8.67. The number of primary amides is 1. The van der Waals surface area contributed by atoms with E-state index in [1.165, 1.54) is 9.75 Å². The van der Waals surface area contributed by atoms with Crippen LogP contribution in [0.15, 0.2) is 35.5 Å². The molecule has 1 fully saturated rings. The summed E-state index contributed by atoms with van der Waals surface area (Å²) >= 11 is 1.84. The SMILES string of the molecule is CCNC(=NCc1cccnc1N1CCC(C(N)=O)CC1)NC(C)Cc1ccc(C)s1. The maximum atomic E-state index is 11.5. The van der Waals surface area contributed by atoms with E-state index < -0.39 is 0 Å². The van der Waals surface area contributed by atoms with Crippen LogP contribution >= 0.6 is 11.3 Å². The van der Waals surface area contributed by atoms with Crippen LogP contribution in [-0.2, 0) is 17.8 Å². The normalized spacial score (nSPS) is 16.2. The van der Waals surface area contributed by atoms with Crippen molar-refractivity contribution in [3.8, 4) is 0 Å². The van der Waals surface area contributed by atoms with E-state index in [0.29, 0.717) is 6.54 Å². The number of aryl methyl sites for hydroxylation is 1. The van der Waals surface area contributed by atoms with E-state index in [1.807, 2.05) is 23.6 Å². The second-order valence-corrected chi connectivity index (χ2v) is 9.48. The Kier molecular flexibility index (Phi) is 8.28. The van der Waals surface area contributed by atoms with E-state index in [2.05, 4.69) is 59.5 Å². The molecule has 3 rings (SSSR count). The first-order chi connectivity index (χ1) is 15.0. The highest BCUT2D eigenvalue weighted by Crippen LogP contribution is 2.25. The van der Waals surface area contributed by atoms with Crippen LogP contribution in [-0.4, -0.2) is 42.5 Å². The summed E-state index contributed by atoms with van der Waals surface area (Å²) in [6.45, 7) is 9.31. The van der Waals surface area contributed by atoms with Gasteiger partial charge in [0.15, 0.2) is 5.96 Å². The first kappa shape index (κ1) is 23.1. The van der Waals surface area contributed by atoms with E-state index in [1.54, 1.807) is 0 Å². The predicted octanol–water partition coefficient (Wildman–Crippen LogP) is 2.84. The monoisotopic (exact) mass is 442 g/mol. The van der Waals surface area contributed by atoms with Crippen LogP contribution in [0.5, 0.6) is 0 Å². The lowest BCUT2D eigenvalue weighted by Gasteiger charge is -2.32. The molecule has 0 spiro atoms. The average molecular weight is 443 g/mol. The Morgan fingerprint density at radius 2 is 2.13 bits per heavy atom. The molecule has 1 saturated heterocycles. The molecule has 1 aliphatic heterocycles. The van der Waals surface area contributed by atoms with Crippen molar-refractivity contribution in [1.29, 1.82) is 0 Å². The number of amides is 1. The summed E-state index contributed by atoms with van der Waals surface area (Å²) in [7, 11) is 0. The van der Waals surface area contributed by atoms with Gasteiger partial charge in [-0.25, -0.2) is 9.98 Å². The number of nitrogens with zero attached hydrogens (tertiary/aromatic N) is 3. The smallest absolute Gasteiger partial charge is 0.220 e. The zero-order valence-corrected chi connectivity index (χ0v) is 19.5. The molecule has 0 aromatic carbocycles. The molecular weight excluding hydrogens is 408 g/mol. The molecule has 1 amide bonds. The van der Waals surface area contributed by atoms with E-state index in [4.69, 9.17) is 10.7 Å². The minimum Gasteiger partial charge on any atom is -0.369 e. The Labute approximate surface area is 189 Å². The lowest BCUT2D eigenvalue weighted by atomic mass is 9.96. The van der Waals surface area contributed by atoms with Gasteiger partial charge in [0.2, 0.25) is 5.91 Å². The molecule has 7 nitrogen and oxygen atoms in total. The van der Waals surface area contributed by atoms with Crippen molar-refractivity contribution in [2.45, 2.75) is 52.6 Å². The number of anilines is 1. The highest BCUT2D eigenvalue weighted by Gasteiger charge is 2.24. The molecule has 0 radical (unpaired) electrons. The minimum absolute atomic E-state index is 0.0281. The number of piperidine rings is 1. The van der Waals surface area contributed by atoms with Gasteiger partial charge < -0.3 is 21.3 Å². The fraction of sp³-hybridized carbons (Fsp3) is 0.522. The molecule has 1 unspecified atom stereocenters. The number of hydrogen-bond donors (Lipinski definition) is 3. The van der Waals surface area contributed by atoms with Gasteiger partial charge in [0.1, 0.15) is 5.82 Å². The Bertz CT molecular complexity index is 888. The third-order valence-electron chi connectivity index (χ3n) is 5.50. The second-order valence-electron chi connectivity index (χ2n) is 8.11. The molecule has 8 heteroatoms. The van der Waals surface area contributed by atoms with Crippen LogP contribution in [0.4, 0.5) is 5.82 Å². The lowest BCUT2D eigenvalue weighted by Crippen LogP contribution is -2.43. The summed E-state index contributed by atoms with van der Waals surface area (Å²) in [5, 5.41) is 6.87. The first-order valence-corrected chi connectivity index (χ1v) is 11.9. The van der Waals surface area contributed by atoms with Crippen LogP contribution < -0.4 is 21.3 Å². The summed E-state index contributed by atoms with van der Waals surface area (Å²) < 4.78 is 0. The molecule has 0 bridgehead atoms. The Hall–Kier alpha value is -2.61. The van der Waals surface area contributed by atoms with Crippen LogP contribution in [0.1, 0.15) is 42.0 Å². The third-order valence-corrected chi connectivity index (χ3v) is 6.53. The molecular formula is C23H34N6OS. The molecule has 31 heavy (non-hydrogen) atoms. The van der Waals surface area contributed by atoms with E-state index in [0.717, 1.165) is 56.2 Å². The number of nitrogens with two attached hydrogens (primary N) is 1. The van der Waals surface area contributed by atoms with Gasteiger partial charge in [-0.1, -0.05) is 6.07 Å². The summed E-state index contributed by atoms with van der Waals surface area (Å²) in [5.74, 6) is 1.54. The third kappa shape index (κ3) is 6.69. The van der Waals surface area contributed by atoms with Crippen molar-refractivity contribution >= 4 is 29.0 Å². The number of carbonyl (C=O) groups excluding carboxylic acids is 1. The lowest BCUT2D eigenvalue weighted by molar-refractivity contribution is -0.122. The van der Waals surface area contributed by atoms with Crippen molar-refractivity contribution in [2.75, 3.05) is 24.5 Å². The van der Waals surface area contributed by atoms with Gasteiger partial charge in [0.05, 0.1) is 6.54 Å².